The van der Waals surface area contributed by atoms with E-state index in [2.05, 4.69) is 15.7 Å². The van der Waals surface area contributed by atoms with Crippen LogP contribution in [-0.2, 0) is 18.2 Å². The van der Waals surface area contributed by atoms with Gasteiger partial charge in [-0.3, -0.25) is 9.48 Å². The van der Waals surface area contributed by atoms with E-state index in [9.17, 15) is 9.59 Å². The number of amides is 2. The van der Waals surface area contributed by atoms with Gasteiger partial charge in [-0.25, -0.2) is 4.79 Å². The van der Waals surface area contributed by atoms with Crippen LogP contribution in [-0.4, -0.2) is 40.0 Å². The van der Waals surface area contributed by atoms with E-state index in [0.29, 0.717) is 11.3 Å². The van der Waals surface area contributed by atoms with E-state index in [4.69, 9.17) is 4.74 Å². The van der Waals surface area contributed by atoms with Crippen molar-refractivity contribution in [2.24, 2.45) is 7.05 Å². The maximum atomic E-state index is 13.1. The van der Waals surface area contributed by atoms with Crippen molar-refractivity contribution in [2.75, 3.05) is 6.54 Å². The Hall–Kier alpha value is -3.13. The van der Waals surface area contributed by atoms with E-state index < -0.39 is 11.7 Å². The topological polar surface area (TPSA) is 85.3 Å². The van der Waals surface area contributed by atoms with Crippen molar-refractivity contribution in [3.05, 3.63) is 64.0 Å². The fraction of sp³-hybridized carbons (Fsp3) is 0.375. The number of ether oxygens (including phenoxy) is 1. The molecule has 1 unspecified atom stereocenters. The number of hydrogen-bond acceptors (Lipinski definition) is 5. The van der Waals surface area contributed by atoms with Crippen LogP contribution in [0.1, 0.15) is 41.6 Å². The molecule has 2 amide bonds. The molecule has 0 radical (unpaired) electrons. The van der Waals surface area contributed by atoms with Gasteiger partial charge in [0, 0.05) is 30.7 Å². The Morgan fingerprint density at radius 1 is 1.19 bits per heavy atom. The summed E-state index contributed by atoms with van der Waals surface area (Å²) >= 11 is 1.41. The highest BCUT2D eigenvalue weighted by atomic mass is 32.1. The van der Waals surface area contributed by atoms with Crippen LogP contribution in [0.3, 0.4) is 0 Å². The Balaban J connectivity index is 1.73. The molecule has 0 aliphatic heterocycles. The molecule has 1 aromatic carbocycles. The Morgan fingerprint density at radius 2 is 1.91 bits per heavy atom. The number of aryl methyl sites for hydroxylation is 1. The minimum absolute atomic E-state index is 0.159. The molecule has 2 N–H and O–H groups in total. The lowest BCUT2D eigenvalue weighted by Gasteiger charge is -2.23. The van der Waals surface area contributed by atoms with Crippen molar-refractivity contribution < 1.29 is 14.3 Å². The first-order valence-electron chi connectivity index (χ1n) is 10.5. The van der Waals surface area contributed by atoms with Gasteiger partial charge in [-0.05, 0) is 51.3 Å². The number of nitrogens with one attached hydrogen (secondary N) is 2. The van der Waals surface area contributed by atoms with Gasteiger partial charge in [0.15, 0.2) is 0 Å². The van der Waals surface area contributed by atoms with Crippen molar-refractivity contribution >= 4 is 23.3 Å². The molecule has 0 saturated carbocycles. The van der Waals surface area contributed by atoms with Crippen molar-refractivity contribution in [3.63, 3.8) is 0 Å². The number of hydrogen-bond donors (Lipinski definition) is 2. The third-order valence-electron chi connectivity index (χ3n) is 4.89. The molecule has 1 atom stereocenters. The lowest BCUT2D eigenvalue weighted by molar-refractivity contribution is 0.0520. The first kappa shape index (κ1) is 23.5. The van der Waals surface area contributed by atoms with Gasteiger partial charge in [0.05, 0.1) is 16.6 Å². The molecular weight excluding hydrogens is 424 g/mol. The molecule has 170 valence electrons. The minimum atomic E-state index is -0.585. The highest BCUT2D eigenvalue weighted by molar-refractivity contribution is 7.12. The second-order valence-electron chi connectivity index (χ2n) is 8.69. The maximum Gasteiger partial charge on any atom is 0.407 e. The molecule has 0 aliphatic rings. The van der Waals surface area contributed by atoms with Crippen LogP contribution in [0.25, 0.3) is 11.3 Å². The Labute approximate surface area is 192 Å². The van der Waals surface area contributed by atoms with Crippen LogP contribution in [0.5, 0.6) is 0 Å². The van der Waals surface area contributed by atoms with Crippen LogP contribution in [0.4, 0.5) is 4.79 Å². The zero-order valence-corrected chi connectivity index (χ0v) is 20.0. The largest absolute Gasteiger partial charge is 0.444 e. The summed E-state index contributed by atoms with van der Waals surface area (Å²) < 4.78 is 7.13. The fourth-order valence-electron chi connectivity index (χ4n) is 3.38. The van der Waals surface area contributed by atoms with E-state index in [1.54, 1.807) is 10.9 Å². The highest BCUT2D eigenvalue weighted by Crippen LogP contribution is 2.30. The zero-order valence-electron chi connectivity index (χ0n) is 19.1. The van der Waals surface area contributed by atoms with Gasteiger partial charge in [0.25, 0.3) is 5.91 Å². The van der Waals surface area contributed by atoms with E-state index in [1.165, 1.54) is 11.3 Å². The Kier molecular flexibility index (Phi) is 7.35. The molecule has 0 saturated heterocycles. The second kappa shape index (κ2) is 9.99. The summed E-state index contributed by atoms with van der Waals surface area (Å²) in [6, 6.07) is 11.5. The number of carbonyl (C=O) groups excluding carboxylic acids is 2. The molecule has 3 rings (SSSR count). The van der Waals surface area contributed by atoms with Crippen molar-refractivity contribution in [1.29, 1.82) is 0 Å². The van der Waals surface area contributed by atoms with Gasteiger partial charge >= 0.3 is 6.09 Å². The van der Waals surface area contributed by atoms with Gasteiger partial charge in [-0.2, -0.15) is 5.10 Å². The quantitative estimate of drug-likeness (QED) is 0.557. The van der Waals surface area contributed by atoms with Crippen LogP contribution in [0.2, 0.25) is 0 Å². The first-order chi connectivity index (χ1) is 15.1. The second-order valence-corrected chi connectivity index (χ2v) is 9.57. The maximum absolute atomic E-state index is 13.1. The summed E-state index contributed by atoms with van der Waals surface area (Å²) in [5, 5.41) is 12.1. The van der Waals surface area contributed by atoms with E-state index >= 15 is 0 Å². The number of aromatic nitrogens is 2. The predicted molar refractivity (Wildman–Crippen MR) is 127 cm³/mol. The number of benzene rings is 1. The summed E-state index contributed by atoms with van der Waals surface area (Å²) in [5.41, 5.74) is 3.35. The molecule has 0 aliphatic carbocycles. The summed E-state index contributed by atoms with van der Waals surface area (Å²) in [6.07, 6.45) is 1.82. The van der Waals surface area contributed by atoms with Crippen molar-refractivity contribution in [2.45, 2.75) is 45.8 Å². The lowest BCUT2D eigenvalue weighted by atomic mass is 10.1. The summed E-state index contributed by atoms with van der Waals surface area (Å²) in [7, 11) is 1.88. The molecule has 8 heteroatoms. The van der Waals surface area contributed by atoms with Crippen LogP contribution >= 0.6 is 11.3 Å². The molecule has 0 spiro atoms. The highest BCUT2D eigenvalue weighted by Gasteiger charge is 2.22. The van der Waals surface area contributed by atoms with Crippen LogP contribution in [0, 0.1) is 6.92 Å². The Bertz CT molecular complexity index is 1070. The third-order valence-corrected chi connectivity index (χ3v) is 5.97. The first-order valence-corrected chi connectivity index (χ1v) is 11.4. The minimum Gasteiger partial charge on any atom is -0.444 e. The van der Waals surface area contributed by atoms with Gasteiger partial charge in [-0.15, -0.1) is 11.3 Å². The molecule has 32 heavy (non-hydrogen) atoms. The number of carbonyl (C=O) groups is 2. The molecule has 3 aromatic rings. The molecule has 0 bridgehead atoms. The standard InChI is InChI=1S/C24H30N4O3S/c1-16-19(20-11-12-26-28(20)5)15-32-21(16)22(29)27-18(13-17-9-7-6-8-10-17)14-25-23(30)31-24(2,3)4/h6-12,15,18H,13-14H2,1-5H3,(H,25,30)(H,27,29). The molecular formula is C24H30N4O3S. The van der Waals surface area contributed by atoms with Crippen molar-refractivity contribution in [3.8, 4) is 11.3 Å². The number of thiophene rings is 1. The fourth-order valence-corrected chi connectivity index (χ4v) is 4.36. The Morgan fingerprint density at radius 3 is 2.53 bits per heavy atom. The van der Waals surface area contributed by atoms with Crippen LogP contribution < -0.4 is 10.6 Å². The number of nitrogens with zero attached hydrogens (tertiary/aromatic N) is 2. The summed E-state index contributed by atoms with van der Waals surface area (Å²) in [6.45, 7) is 7.65. The van der Waals surface area contributed by atoms with Gasteiger partial charge in [-0.1, -0.05) is 30.3 Å². The third kappa shape index (κ3) is 6.20. The molecule has 2 aromatic heterocycles. The molecule has 7 nitrogen and oxygen atoms in total. The van der Waals surface area contributed by atoms with E-state index in [1.807, 2.05) is 76.5 Å². The lowest BCUT2D eigenvalue weighted by Crippen LogP contribution is -2.46. The monoisotopic (exact) mass is 454 g/mol. The molecule has 0 fully saturated rings. The summed E-state index contributed by atoms with van der Waals surface area (Å²) in [5.74, 6) is -0.159. The van der Waals surface area contributed by atoms with E-state index in [-0.39, 0.29) is 18.5 Å². The van der Waals surface area contributed by atoms with Crippen LogP contribution in [0.15, 0.2) is 48.0 Å². The zero-order chi connectivity index (χ0) is 23.3. The van der Waals surface area contributed by atoms with Gasteiger partial charge in [0.2, 0.25) is 0 Å². The number of alkyl carbamates (subject to hydrolysis) is 1. The van der Waals surface area contributed by atoms with Crippen molar-refractivity contribution in [1.82, 2.24) is 20.4 Å². The average Bonchev–Trinajstić information content (AvgIpc) is 3.30. The predicted octanol–water partition coefficient (Wildman–Crippen LogP) is 4.32. The van der Waals surface area contributed by atoms with E-state index in [0.717, 1.165) is 22.4 Å². The SMILES string of the molecule is Cc1c(-c2ccnn2C)csc1C(=O)NC(CNC(=O)OC(C)(C)C)Cc1ccccc1. The number of rotatable bonds is 7. The summed E-state index contributed by atoms with van der Waals surface area (Å²) in [4.78, 5) is 25.9. The smallest absolute Gasteiger partial charge is 0.407 e. The van der Waals surface area contributed by atoms with Gasteiger partial charge < -0.3 is 15.4 Å². The molecule has 2 heterocycles. The normalized spacial score (nSPS) is 12.3. The average molecular weight is 455 g/mol. The van der Waals surface area contributed by atoms with Gasteiger partial charge in [0.1, 0.15) is 5.60 Å².